The van der Waals surface area contributed by atoms with E-state index in [1.807, 2.05) is 19.9 Å². The van der Waals surface area contributed by atoms with Gasteiger partial charge in [-0.1, -0.05) is 50.0 Å². The molecule has 3 rings (SSSR count). The van der Waals surface area contributed by atoms with Gasteiger partial charge in [0.1, 0.15) is 6.29 Å². The fourth-order valence-corrected chi connectivity index (χ4v) is 6.41. The van der Waals surface area contributed by atoms with E-state index in [1.54, 1.807) is 7.11 Å². The van der Waals surface area contributed by atoms with E-state index in [2.05, 4.69) is 35.1 Å². The minimum absolute atomic E-state index is 0.0477. The van der Waals surface area contributed by atoms with Crippen LogP contribution in [-0.2, 0) is 10.2 Å². The number of benzene rings is 1. The van der Waals surface area contributed by atoms with Crippen LogP contribution in [0.4, 0.5) is 0 Å². The van der Waals surface area contributed by atoms with Crippen molar-refractivity contribution in [3.63, 3.8) is 0 Å². The van der Waals surface area contributed by atoms with Crippen LogP contribution >= 0.6 is 15.9 Å². The number of fused-ring (bicyclic) bond motifs is 5. The van der Waals surface area contributed by atoms with E-state index in [1.165, 1.54) is 18.4 Å². The number of halogens is 1. The number of unbranched alkanes of at least 4 members (excludes halogenated alkanes) is 2. The number of nitrogens with one attached hydrogen (secondary N) is 1. The van der Waals surface area contributed by atoms with Crippen LogP contribution in [-0.4, -0.2) is 31.1 Å². The van der Waals surface area contributed by atoms with Gasteiger partial charge in [0.05, 0.1) is 7.11 Å². The summed E-state index contributed by atoms with van der Waals surface area (Å²) in [4.78, 5) is 10.9. The van der Waals surface area contributed by atoms with Crippen LogP contribution in [0.25, 0.3) is 0 Å². The molecular weight excluding hydrogens is 430 g/mol. The zero-order chi connectivity index (χ0) is 21.6. The van der Waals surface area contributed by atoms with E-state index in [4.69, 9.17) is 4.74 Å². The lowest BCUT2D eigenvalue weighted by molar-refractivity contribution is -0.108. The van der Waals surface area contributed by atoms with Crippen LogP contribution in [0.1, 0.15) is 89.7 Å². The van der Waals surface area contributed by atoms with Gasteiger partial charge in [-0.05, 0) is 56.2 Å². The Hall–Kier alpha value is -1.07. The Bertz CT molecular complexity index is 693. The molecule has 0 aliphatic heterocycles. The summed E-state index contributed by atoms with van der Waals surface area (Å²) in [6, 6.07) is 2.31. The first-order chi connectivity index (χ1) is 14.1. The predicted octanol–water partition coefficient (Wildman–Crippen LogP) is 6.08. The smallest absolute Gasteiger partial charge is 0.161 e. The molecule has 4 atom stereocenters. The summed E-state index contributed by atoms with van der Waals surface area (Å²) in [5, 5.41) is 14.9. The summed E-state index contributed by atoms with van der Waals surface area (Å²) in [7, 11) is 1.61. The normalized spacial score (nSPS) is 26.6. The van der Waals surface area contributed by atoms with Crippen molar-refractivity contribution < 1.29 is 14.6 Å². The van der Waals surface area contributed by atoms with Crippen molar-refractivity contribution in [2.45, 2.75) is 90.0 Å². The van der Waals surface area contributed by atoms with Crippen LogP contribution in [0.5, 0.6) is 11.5 Å². The highest BCUT2D eigenvalue weighted by Gasteiger charge is 2.61. The molecule has 0 aromatic heterocycles. The molecule has 4 nitrogen and oxygen atoms in total. The van der Waals surface area contributed by atoms with Gasteiger partial charge < -0.3 is 20.0 Å². The number of ether oxygens (including phenoxy) is 1. The Balaban J connectivity index is 0.00000145. The molecule has 2 bridgehead atoms. The van der Waals surface area contributed by atoms with Crippen molar-refractivity contribution in [3.05, 3.63) is 21.7 Å². The lowest BCUT2D eigenvalue weighted by atomic mass is 9.66. The van der Waals surface area contributed by atoms with Gasteiger partial charge in [-0.2, -0.15) is 0 Å². The number of aromatic hydroxyl groups is 1. The summed E-state index contributed by atoms with van der Waals surface area (Å²) >= 11 is 3.76. The molecule has 2 aliphatic carbocycles. The van der Waals surface area contributed by atoms with Gasteiger partial charge in [-0.3, -0.25) is 0 Å². The van der Waals surface area contributed by atoms with Crippen molar-refractivity contribution >= 4 is 22.2 Å². The van der Waals surface area contributed by atoms with Crippen molar-refractivity contribution in [2.75, 3.05) is 13.7 Å². The highest BCUT2D eigenvalue weighted by atomic mass is 79.9. The molecule has 29 heavy (non-hydrogen) atoms. The fraction of sp³-hybridized carbons (Fsp3) is 0.708. The van der Waals surface area contributed by atoms with E-state index in [-0.39, 0.29) is 5.41 Å². The molecule has 0 heterocycles. The summed E-state index contributed by atoms with van der Waals surface area (Å²) < 4.78 is 6.49. The van der Waals surface area contributed by atoms with Crippen molar-refractivity contribution in [2.24, 2.45) is 5.92 Å². The number of hydrogen-bond donors (Lipinski definition) is 2. The number of phenolic OH excluding ortho intramolecular Hbond substituents is 1. The molecule has 0 radical (unpaired) electrons. The highest BCUT2D eigenvalue weighted by Crippen LogP contribution is 2.67. The number of methoxy groups -OCH3 is 1. The zero-order valence-electron chi connectivity index (χ0n) is 18.7. The first-order valence-corrected chi connectivity index (χ1v) is 12.1. The SMILES string of the molecule is CC.CCCCNC1C2C[C@](CC)(c3c(O)c(OC)cc(Br)c32)C1CCCC=O. The van der Waals surface area contributed by atoms with Crippen LogP contribution in [0.15, 0.2) is 10.5 Å². The number of carbonyl (C=O) groups excluding carboxylic acids is 1. The fourth-order valence-electron chi connectivity index (χ4n) is 5.71. The number of hydrogen-bond acceptors (Lipinski definition) is 4. The van der Waals surface area contributed by atoms with Crippen LogP contribution in [0.3, 0.4) is 0 Å². The Morgan fingerprint density at radius 2 is 2.07 bits per heavy atom. The molecule has 2 N–H and O–H groups in total. The van der Waals surface area contributed by atoms with Crippen LogP contribution < -0.4 is 10.1 Å². The van der Waals surface area contributed by atoms with Gasteiger partial charge >= 0.3 is 0 Å². The van der Waals surface area contributed by atoms with Crippen molar-refractivity contribution in [1.29, 1.82) is 0 Å². The Labute approximate surface area is 184 Å². The van der Waals surface area contributed by atoms with Gasteiger partial charge in [0.15, 0.2) is 11.5 Å². The highest BCUT2D eigenvalue weighted by molar-refractivity contribution is 9.10. The minimum Gasteiger partial charge on any atom is -0.504 e. The molecule has 0 saturated heterocycles. The Morgan fingerprint density at radius 1 is 1.34 bits per heavy atom. The predicted molar refractivity (Wildman–Crippen MR) is 123 cm³/mol. The summed E-state index contributed by atoms with van der Waals surface area (Å²) in [5.41, 5.74) is 2.30. The Kier molecular flexibility index (Phi) is 9.02. The maximum atomic E-state index is 11.0. The number of aldehydes is 1. The van der Waals surface area contributed by atoms with Gasteiger partial charge in [0.2, 0.25) is 0 Å². The van der Waals surface area contributed by atoms with Crippen LogP contribution in [0.2, 0.25) is 0 Å². The quantitative estimate of drug-likeness (QED) is 0.323. The molecule has 1 saturated carbocycles. The number of phenols is 1. The van der Waals surface area contributed by atoms with Gasteiger partial charge in [-0.15, -0.1) is 0 Å². The molecule has 1 aromatic rings. The summed E-state index contributed by atoms with van der Waals surface area (Å²) in [6.07, 6.45) is 7.97. The van der Waals surface area contributed by atoms with Crippen molar-refractivity contribution in [1.82, 2.24) is 5.32 Å². The van der Waals surface area contributed by atoms with Gasteiger partial charge in [-0.25, -0.2) is 0 Å². The molecule has 2 aliphatic rings. The van der Waals surface area contributed by atoms with Gasteiger partial charge in [0, 0.05) is 33.8 Å². The Morgan fingerprint density at radius 3 is 2.66 bits per heavy atom. The second kappa shape index (κ2) is 10.8. The molecular formula is C24H38BrNO3. The number of carbonyl (C=O) groups is 1. The van der Waals surface area contributed by atoms with Gasteiger partial charge in [0.25, 0.3) is 0 Å². The lowest BCUT2D eigenvalue weighted by Gasteiger charge is -2.42. The van der Waals surface area contributed by atoms with E-state index in [0.717, 1.165) is 48.6 Å². The third-order valence-corrected chi connectivity index (χ3v) is 7.54. The average molecular weight is 468 g/mol. The molecule has 5 heteroatoms. The monoisotopic (exact) mass is 467 g/mol. The third-order valence-electron chi connectivity index (χ3n) is 6.88. The molecule has 1 fully saturated rings. The lowest BCUT2D eigenvalue weighted by Crippen LogP contribution is -2.45. The van der Waals surface area contributed by atoms with E-state index in [0.29, 0.717) is 35.8 Å². The maximum absolute atomic E-state index is 11.0. The molecule has 164 valence electrons. The third kappa shape index (κ3) is 4.23. The molecule has 3 unspecified atom stereocenters. The van der Waals surface area contributed by atoms with E-state index < -0.39 is 0 Å². The maximum Gasteiger partial charge on any atom is 0.161 e. The summed E-state index contributed by atoms with van der Waals surface area (Å²) in [6.45, 7) is 9.48. The average Bonchev–Trinajstić information content (AvgIpc) is 3.25. The first-order valence-electron chi connectivity index (χ1n) is 11.3. The molecule has 1 aromatic carbocycles. The molecule has 0 spiro atoms. The molecule has 0 amide bonds. The van der Waals surface area contributed by atoms with E-state index >= 15 is 0 Å². The minimum atomic E-state index is -0.0477. The van der Waals surface area contributed by atoms with Crippen LogP contribution in [0, 0.1) is 5.92 Å². The van der Waals surface area contributed by atoms with Crippen molar-refractivity contribution in [3.8, 4) is 11.5 Å². The summed E-state index contributed by atoms with van der Waals surface area (Å²) in [5.74, 6) is 1.68. The largest absolute Gasteiger partial charge is 0.504 e. The zero-order valence-corrected chi connectivity index (χ0v) is 20.3. The topological polar surface area (TPSA) is 58.6 Å². The van der Waals surface area contributed by atoms with E-state index in [9.17, 15) is 9.90 Å². The second-order valence-electron chi connectivity index (χ2n) is 8.06. The first kappa shape index (κ1) is 24.2. The number of rotatable bonds is 10. The standard InChI is InChI=1S/C22H32BrNO3.C2H6/c1-4-6-10-24-20-14-13-22(5-2,15(20)9-7-8-11-25)19-18(14)16(23)12-17(27-3)21(19)26;1-2/h11-12,14-15,20,24,26H,4-10,13H2,1-3H3;1-2H3/t14?,15?,20?,22-;/m0./s1. The second-order valence-corrected chi connectivity index (χ2v) is 8.91.